The lowest BCUT2D eigenvalue weighted by atomic mass is 9.99. The van der Waals surface area contributed by atoms with E-state index in [0.717, 1.165) is 18.2 Å². The normalized spacial score (nSPS) is 12.2. The molecule has 0 amide bonds. The molecule has 204 valence electrons. The van der Waals surface area contributed by atoms with Crippen molar-refractivity contribution in [2.75, 3.05) is 5.73 Å². The largest absolute Gasteiger partial charge is 0.458 e. The molecule has 0 bridgehead atoms. The molecule has 1 atom stereocenters. The zero-order chi connectivity index (χ0) is 29.0. The third-order valence-electron chi connectivity index (χ3n) is 6.90. The van der Waals surface area contributed by atoms with E-state index in [-0.39, 0.29) is 50.6 Å². The van der Waals surface area contributed by atoms with Gasteiger partial charge < -0.3 is 10.2 Å². The van der Waals surface area contributed by atoms with Crippen molar-refractivity contribution in [3.8, 4) is 22.4 Å². The molecular weight excluding hydrogens is 535 g/mol. The summed E-state index contributed by atoms with van der Waals surface area (Å²) in [7, 11) is 0. The highest BCUT2D eigenvalue weighted by molar-refractivity contribution is 5.99. The molecule has 1 unspecified atom stereocenters. The Labute approximate surface area is 229 Å². The SMILES string of the molecule is CC(=O)c1ccc(-c2nn(C(C)c3oc4cccc(F)c4c(=O)c3-c3cccc(F)c3)c3ncnc(N)c23)cc1F. The number of aromatic nitrogens is 4. The molecule has 0 radical (unpaired) electrons. The van der Waals surface area contributed by atoms with Gasteiger partial charge in [-0.15, -0.1) is 0 Å². The van der Waals surface area contributed by atoms with Crippen molar-refractivity contribution in [3.05, 3.63) is 106 Å². The van der Waals surface area contributed by atoms with Gasteiger partial charge in [-0.2, -0.15) is 5.10 Å². The lowest BCUT2D eigenvalue weighted by Gasteiger charge is -2.17. The third-order valence-corrected chi connectivity index (χ3v) is 6.90. The molecule has 0 fully saturated rings. The van der Waals surface area contributed by atoms with Crippen molar-refractivity contribution in [1.29, 1.82) is 0 Å². The van der Waals surface area contributed by atoms with Gasteiger partial charge in [0.05, 0.1) is 16.5 Å². The van der Waals surface area contributed by atoms with Crippen LogP contribution < -0.4 is 11.2 Å². The second-order valence-electron chi connectivity index (χ2n) is 9.47. The van der Waals surface area contributed by atoms with Gasteiger partial charge in [-0.05, 0) is 55.8 Å². The van der Waals surface area contributed by atoms with E-state index in [1.165, 1.54) is 60.4 Å². The Morgan fingerprint density at radius 1 is 0.951 bits per heavy atom. The van der Waals surface area contributed by atoms with Crippen molar-refractivity contribution < 1.29 is 22.4 Å². The minimum atomic E-state index is -0.875. The number of fused-ring (bicyclic) bond motifs is 2. The first-order chi connectivity index (χ1) is 19.7. The number of halogens is 3. The number of nitrogens with zero attached hydrogens (tertiary/aromatic N) is 4. The molecule has 0 aliphatic heterocycles. The predicted molar refractivity (Wildman–Crippen MR) is 147 cm³/mol. The predicted octanol–water partition coefficient (Wildman–Crippen LogP) is 6.08. The van der Waals surface area contributed by atoms with E-state index in [0.29, 0.717) is 10.9 Å². The summed E-state index contributed by atoms with van der Waals surface area (Å²) in [5.41, 5.74) is 6.31. The van der Waals surface area contributed by atoms with Crippen LogP contribution in [0.2, 0.25) is 0 Å². The Kier molecular flexibility index (Phi) is 6.14. The number of nitrogens with two attached hydrogens (primary N) is 1. The van der Waals surface area contributed by atoms with Gasteiger partial charge in [-0.3, -0.25) is 9.59 Å². The van der Waals surface area contributed by atoms with Crippen LogP contribution in [0.4, 0.5) is 19.0 Å². The number of anilines is 1. The number of nitrogen functional groups attached to an aromatic ring is 1. The summed E-state index contributed by atoms with van der Waals surface area (Å²) in [4.78, 5) is 33.9. The molecule has 6 aromatic rings. The van der Waals surface area contributed by atoms with Crippen molar-refractivity contribution in [2.45, 2.75) is 19.9 Å². The Morgan fingerprint density at radius 3 is 2.46 bits per heavy atom. The molecule has 0 saturated carbocycles. The van der Waals surface area contributed by atoms with Gasteiger partial charge in [-0.1, -0.05) is 24.3 Å². The maximum absolute atomic E-state index is 14.8. The Morgan fingerprint density at radius 2 is 1.73 bits per heavy atom. The van der Waals surface area contributed by atoms with Gasteiger partial charge >= 0.3 is 0 Å². The zero-order valence-electron chi connectivity index (χ0n) is 21.7. The molecular formula is C30H20F3N5O3. The van der Waals surface area contributed by atoms with Crippen LogP contribution in [0, 0.1) is 17.5 Å². The number of hydrogen-bond donors (Lipinski definition) is 1. The lowest BCUT2D eigenvalue weighted by molar-refractivity contribution is 0.101. The summed E-state index contributed by atoms with van der Waals surface area (Å²) in [6, 6.07) is 12.5. The highest BCUT2D eigenvalue weighted by atomic mass is 19.1. The molecule has 8 nitrogen and oxygen atoms in total. The monoisotopic (exact) mass is 555 g/mol. The van der Waals surface area contributed by atoms with Crippen molar-refractivity contribution in [2.24, 2.45) is 0 Å². The first kappa shape index (κ1) is 25.9. The fourth-order valence-electron chi connectivity index (χ4n) is 4.95. The van der Waals surface area contributed by atoms with Crippen LogP contribution >= 0.6 is 0 Å². The number of hydrogen-bond acceptors (Lipinski definition) is 7. The Bertz CT molecular complexity index is 2090. The van der Waals surface area contributed by atoms with Gasteiger partial charge in [0.25, 0.3) is 0 Å². The third kappa shape index (κ3) is 4.22. The molecule has 41 heavy (non-hydrogen) atoms. The topological polar surface area (TPSA) is 117 Å². The van der Waals surface area contributed by atoms with Crippen LogP contribution in [0.5, 0.6) is 0 Å². The standard InChI is InChI=1S/C30H20F3N5O3/c1-14(28-23(16-5-3-6-18(31)11-16)27(40)24-20(32)7-4-8-22(24)41-28)38-30-25(29(34)35-13-36-30)26(37-38)17-9-10-19(15(2)39)21(33)12-17/h3-14H,1-2H3,(H2,34,35,36). The highest BCUT2D eigenvalue weighted by Crippen LogP contribution is 2.37. The molecule has 3 heterocycles. The average molecular weight is 556 g/mol. The van der Waals surface area contributed by atoms with E-state index in [1.807, 2.05) is 0 Å². The van der Waals surface area contributed by atoms with Crippen LogP contribution in [0.25, 0.3) is 44.4 Å². The first-order valence-corrected chi connectivity index (χ1v) is 12.5. The molecule has 0 saturated heterocycles. The molecule has 11 heteroatoms. The number of rotatable bonds is 5. The summed E-state index contributed by atoms with van der Waals surface area (Å²) in [5.74, 6) is -2.43. The molecule has 6 rings (SSSR count). The molecule has 0 aliphatic rings. The van der Waals surface area contributed by atoms with E-state index in [9.17, 15) is 22.8 Å². The van der Waals surface area contributed by atoms with Gasteiger partial charge in [-0.25, -0.2) is 27.8 Å². The second kappa shape index (κ2) is 9.70. The first-order valence-electron chi connectivity index (χ1n) is 12.5. The second-order valence-corrected chi connectivity index (χ2v) is 9.47. The quantitative estimate of drug-likeness (QED) is 0.256. The fourth-order valence-corrected chi connectivity index (χ4v) is 4.95. The van der Waals surface area contributed by atoms with Crippen LogP contribution in [0.15, 0.2) is 76.2 Å². The highest BCUT2D eigenvalue weighted by Gasteiger charge is 2.28. The van der Waals surface area contributed by atoms with Gasteiger partial charge in [0, 0.05) is 5.56 Å². The average Bonchev–Trinajstić information content (AvgIpc) is 3.33. The van der Waals surface area contributed by atoms with Gasteiger partial charge in [0.1, 0.15) is 58.1 Å². The molecule has 0 aliphatic carbocycles. The molecule has 3 aromatic heterocycles. The number of carbonyl (C=O) groups is 1. The lowest BCUT2D eigenvalue weighted by Crippen LogP contribution is -2.17. The number of ketones is 1. The summed E-state index contributed by atoms with van der Waals surface area (Å²) in [6.07, 6.45) is 1.23. The van der Waals surface area contributed by atoms with Crippen molar-refractivity contribution >= 4 is 33.6 Å². The summed E-state index contributed by atoms with van der Waals surface area (Å²) >= 11 is 0. The van der Waals surface area contributed by atoms with E-state index >= 15 is 0 Å². The number of Topliss-reactive ketones (excluding diaryl/α,β-unsaturated/α-hetero) is 1. The smallest absolute Gasteiger partial charge is 0.203 e. The minimum Gasteiger partial charge on any atom is -0.458 e. The molecule has 0 spiro atoms. The zero-order valence-corrected chi connectivity index (χ0v) is 21.7. The van der Waals surface area contributed by atoms with Gasteiger partial charge in [0.2, 0.25) is 5.43 Å². The molecule has 3 aromatic carbocycles. The van der Waals surface area contributed by atoms with Crippen LogP contribution in [0.3, 0.4) is 0 Å². The molecule has 2 N–H and O–H groups in total. The maximum atomic E-state index is 14.8. The van der Waals surface area contributed by atoms with E-state index in [2.05, 4.69) is 15.1 Å². The van der Waals surface area contributed by atoms with Crippen molar-refractivity contribution in [3.63, 3.8) is 0 Å². The number of benzene rings is 3. The van der Waals surface area contributed by atoms with E-state index in [4.69, 9.17) is 10.2 Å². The summed E-state index contributed by atoms with van der Waals surface area (Å²) in [6.45, 7) is 2.93. The summed E-state index contributed by atoms with van der Waals surface area (Å²) in [5, 5.41) is 4.69. The minimum absolute atomic E-state index is 0.00952. The maximum Gasteiger partial charge on any atom is 0.203 e. The Balaban J connectivity index is 1.63. The van der Waals surface area contributed by atoms with Gasteiger partial charge in [0.15, 0.2) is 11.4 Å². The van der Waals surface area contributed by atoms with E-state index < -0.39 is 34.7 Å². The van der Waals surface area contributed by atoms with E-state index in [1.54, 1.807) is 6.92 Å². The fraction of sp³-hybridized carbons (Fsp3) is 0.100. The Hall–Kier alpha value is -5.32. The van der Waals surface area contributed by atoms with Crippen molar-refractivity contribution in [1.82, 2.24) is 19.7 Å². The summed E-state index contributed by atoms with van der Waals surface area (Å²) < 4.78 is 51.4. The van der Waals surface area contributed by atoms with Crippen LogP contribution in [-0.4, -0.2) is 25.5 Å². The van der Waals surface area contributed by atoms with Crippen LogP contribution in [-0.2, 0) is 0 Å². The number of carbonyl (C=O) groups excluding carboxylic acids is 1. The van der Waals surface area contributed by atoms with Crippen LogP contribution in [0.1, 0.15) is 36.0 Å².